The van der Waals surface area contributed by atoms with Crippen molar-refractivity contribution in [1.82, 2.24) is 0 Å². The lowest BCUT2D eigenvalue weighted by Crippen LogP contribution is -2.52. The van der Waals surface area contributed by atoms with E-state index in [1.807, 2.05) is 0 Å². The maximum Gasteiger partial charge on any atom is 0.0699 e. The van der Waals surface area contributed by atoms with Crippen LogP contribution in [0.2, 0.25) is 0 Å². The second kappa shape index (κ2) is 5.84. The zero-order valence-corrected chi connectivity index (χ0v) is 12.1. The molecule has 3 heteroatoms. The molecule has 1 saturated heterocycles. The van der Waals surface area contributed by atoms with Gasteiger partial charge in [-0.3, -0.25) is 0 Å². The van der Waals surface area contributed by atoms with Gasteiger partial charge in [-0.2, -0.15) is 0 Å². The Morgan fingerprint density at radius 1 is 1.35 bits per heavy atom. The van der Waals surface area contributed by atoms with Crippen LogP contribution in [0.1, 0.15) is 36.8 Å². The molecule has 1 heterocycles. The maximum absolute atomic E-state index is 11.0. The van der Waals surface area contributed by atoms with E-state index in [0.717, 1.165) is 38.7 Å². The van der Waals surface area contributed by atoms with Crippen molar-refractivity contribution in [2.45, 2.75) is 43.6 Å². The fourth-order valence-electron chi connectivity index (χ4n) is 4.06. The van der Waals surface area contributed by atoms with E-state index in [2.05, 4.69) is 24.3 Å². The van der Waals surface area contributed by atoms with Gasteiger partial charge in [-0.05, 0) is 43.2 Å². The van der Waals surface area contributed by atoms with Crippen molar-refractivity contribution in [3.63, 3.8) is 0 Å². The predicted octanol–water partition coefficient (Wildman–Crippen LogP) is 2.01. The molecule has 1 aliphatic heterocycles. The lowest BCUT2D eigenvalue weighted by Gasteiger charge is -2.45. The zero-order valence-electron chi connectivity index (χ0n) is 12.1. The van der Waals surface area contributed by atoms with Crippen molar-refractivity contribution in [3.8, 4) is 0 Å². The van der Waals surface area contributed by atoms with Crippen molar-refractivity contribution in [1.29, 1.82) is 0 Å². The van der Waals surface area contributed by atoms with Crippen LogP contribution in [0.25, 0.3) is 0 Å². The van der Waals surface area contributed by atoms with E-state index >= 15 is 0 Å². The summed E-state index contributed by atoms with van der Waals surface area (Å²) in [5.41, 5.74) is 8.51. The monoisotopic (exact) mass is 275 g/mol. The SMILES string of the molecule is NCC1(C(O)C2CCCOC2)CCCc2ccccc21. The number of aryl methyl sites for hydroxylation is 1. The molecule has 0 amide bonds. The molecule has 1 aliphatic carbocycles. The first-order valence-corrected chi connectivity index (χ1v) is 7.82. The van der Waals surface area contributed by atoms with Crippen LogP contribution in [-0.4, -0.2) is 31.0 Å². The van der Waals surface area contributed by atoms with Gasteiger partial charge in [-0.15, -0.1) is 0 Å². The highest BCUT2D eigenvalue weighted by Gasteiger charge is 2.45. The first-order valence-electron chi connectivity index (χ1n) is 7.82. The van der Waals surface area contributed by atoms with E-state index in [-0.39, 0.29) is 11.3 Å². The molecule has 2 aliphatic rings. The average molecular weight is 275 g/mol. The Morgan fingerprint density at radius 3 is 2.95 bits per heavy atom. The highest BCUT2D eigenvalue weighted by molar-refractivity contribution is 5.38. The van der Waals surface area contributed by atoms with Crippen molar-refractivity contribution < 1.29 is 9.84 Å². The van der Waals surface area contributed by atoms with Crippen LogP contribution in [0.3, 0.4) is 0 Å². The third kappa shape index (κ3) is 2.28. The standard InChI is InChI=1S/C17H25NO2/c18-12-17(16(19)14-7-4-10-20-11-14)9-3-6-13-5-1-2-8-15(13)17/h1-2,5,8,14,16,19H,3-4,6-7,9-12,18H2. The van der Waals surface area contributed by atoms with Gasteiger partial charge < -0.3 is 15.6 Å². The Kier molecular flexibility index (Phi) is 4.11. The molecule has 0 bridgehead atoms. The van der Waals surface area contributed by atoms with Gasteiger partial charge in [-0.1, -0.05) is 24.3 Å². The van der Waals surface area contributed by atoms with Crippen molar-refractivity contribution in [2.75, 3.05) is 19.8 Å². The summed E-state index contributed by atoms with van der Waals surface area (Å²) in [7, 11) is 0. The number of fused-ring (bicyclic) bond motifs is 1. The minimum absolute atomic E-state index is 0.221. The molecule has 3 rings (SSSR count). The largest absolute Gasteiger partial charge is 0.392 e. The summed E-state index contributed by atoms with van der Waals surface area (Å²) in [5.74, 6) is 0.221. The number of aliphatic hydroxyl groups is 1. The summed E-state index contributed by atoms with van der Waals surface area (Å²) < 4.78 is 5.57. The number of nitrogens with two attached hydrogens (primary N) is 1. The number of ether oxygens (including phenoxy) is 1. The van der Waals surface area contributed by atoms with Gasteiger partial charge in [0, 0.05) is 24.5 Å². The molecule has 3 nitrogen and oxygen atoms in total. The van der Waals surface area contributed by atoms with E-state index in [1.165, 1.54) is 11.1 Å². The quantitative estimate of drug-likeness (QED) is 0.887. The number of hydrogen-bond acceptors (Lipinski definition) is 3. The molecule has 3 atom stereocenters. The highest BCUT2D eigenvalue weighted by atomic mass is 16.5. The topological polar surface area (TPSA) is 55.5 Å². The molecule has 110 valence electrons. The molecular formula is C17H25NO2. The first kappa shape index (κ1) is 14.1. The summed E-state index contributed by atoms with van der Waals surface area (Å²) in [6, 6.07) is 8.50. The minimum atomic E-state index is -0.394. The molecule has 1 aromatic carbocycles. The third-order valence-electron chi connectivity index (χ3n) is 5.20. The summed E-state index contributed by atoms with van der Waals surface area (Å²) in [6.07, 6.45) is 4.90. The molecule has 20 heavy (non-hydrogen) atoms. The normalized spacial score (nSPS) is 31.6. The van der Waals surface area contributed by atoms with E-state index in [1.54, 1.807) is 0 Å². The van der Waals surface area contributed by atoms with E-state index < -0.39 is 6.10 Å². The van der Waals surface area contributed by atoms with Crippen LogP contribution in [0.5, 0.6) is 0 Å². The van der Waals surface area contributed by atoms with Crippen molar-refractivity contribution in [2.24, 2.45) is 11.7 Å². The van der Waals surface area contributed by atoms with Gasteiger partial charge in [0.05, 0.1) is 12.7 Å². The predicted molar refractivity (Wildman–Crippen MR) is 79.7 cm³/mol. The summed E-state index contributed by atoms with van der Waals surface area (Å²) >= 11 is 0. The highest BCUT2D eigenvalue weighted by Crippen LogP contribution is 2.42. The van der Waals surface area contributed by atoms with Gasteiger partial charge in [0.25, 0.3) is 0 Å². The van der Waals surface area contributed by atoms with Crippen LogP contribution in [0.4, 0.5) is 0 Å². The smallest absolute Gasteiger partial charge is 0.0699 e. The van der Waals surface area contributed by atoms with Gasteiger partial charge in [0.15, 0.2) is 0 Å². The molecule has 0 saturated carbocycles. The molecule has 0 spiro atoms. The summed E-state index contributed by atoms with van der Waals surface area (Å²) in [6.45, 7) is 2.02. The summed E-state index contributed by atoms with van der Waals surface area (Å²) in [4.78, 5) is 0. The van der Waals surface area contributed by atoms with Crippen molar-refractivity contribution in [3.05, 3.63) is 35.4 Å². The average Bonchev–Trinajstić information content (AvgIpc) is 2.54. The molecule has 3 unspecified atom stereocenters. The van der Waals surface area contributed by atoms with Crippen molar-refractivity contribution >= 4 is 0 Å². The van der Waals surface area contributed by atoms with E-state index in [4.69, 9.17) is 10.5 Å². The minimum Gasteiger partial charge on any atom is -0.392 e. The van der Waals surface area contributed by atoms with Crippen LogP contribution in [0, 0.1) is 5.92 Å². The van der Waals surface area contributed by atoms with Gasteiger partial charge in [-0.25, -0.2) is 0 Å². The van der Waals surface area contributed by atoms with Gasteiger partial charge in [0.1, 0.15) is 0 Å². The first-order chi connectivity index (χ1) is 9.78. The molecule has 1 aromatic rings. The molecule has 0 aromatic heterocycles. The maximum atomic E-state index is 11.0. The van der Waals surface area contributed by atoms with Crippen LogP contribution in [-0.2, 0) is 16.6 Å². The Balaban J connectivity index is 1.95. The second-order valence-corrected chi connectivity index (χ2v) is 6.29. The molecule has 1 fully saturated rings. The zero-order chi connectivity index (χ0) is 14.0. The van der Waals surface area contributed by atoms with Gasteiger partial charge in [0.2, 0.25) is 0 Å². The second-order valence-electron chi connectivity index (χ2n) is 6.29. The molecular weight excluding hydrogens is 250 g/mol. The van der Waals surface area contributed by atoms with Crippen LogP contribution < -0.4 is 5.73 Å². The Bertz CT molecular complexity index is 456. The van der Waals surface area contributed by atoms with Crippen LogP contribution in [0.15, 0.2) is 24.3 Å². The fourth-order valence-corrected chi connectivity index (χ4v) is 4.06. The van der Waals surface area contributed by atoms with E-state index in [0.29, 0.717) is 13.2 Å². The number of hydrogen-bond donors (Lipinski definition) is 2. The van der Waals surface area contributed by atoms with E-state index in [9.17, 15) is 5.11 Å². The number of benzene rings is 1. The Hall–Kier alpha value is -0.900. The summed E-state index contributed by atoms with van der Waals surface area (Å²) in [5, 5.41) is 11.0. The lowest BCUT2D eigenvalue weighted by molar-refractivity contribution is -0.0464. The Labute approximate surface area is 121 Å². The third-order valence-corrected chi connectivity index (χ3v) is 5.20. The number of rotatable bonds is 3. The van der Waals surface area contributed by atoms with Crippen LogP contribution >= 0.6 is 0 Å². The number of aliphatic hydroxyl groups excluding tert-OH is 1. The molecule has 3 N–H and O–H groups in total. The fraction of sp³-hybridized carbons (Fsp3) is 0.647. The lowest BCUT2D eigenvalue weighted by atomic mass is 9.63. The Morgan fingerprint density at radius 2 is 2.20 bits per heavy atom. The molecule has 0 radical (unpaired) electrons. The van der Waals surface area contributed by atoms with Gasteiger partial charge >= 0.3 is 0 Å².